The summed E-state index contributed by atoms with van der Waals surface area (Å²) < 4.78 is 5.89. The minimum absolute atomic E-state index is 0.224. The van der Waals surface area contributed by atoms with Crippen LogP contribution in [0.2, 0.25) is 5.02 Å². The van der Waals surface area contributed by atoms with Crippen LogP contribution < -0.4 is 4.74 Å². The average Bonchev–Trinajstić information content (AvgIpc) is 2.81. The summed E-state index contributed by atoms with van der Waals surface area (Å²) in [4.78, 5) is 28.2. The molecule has 3 heterocycles. The van der Waals surface area contributed by atoms with Crippen molar-refractivity contribution in [2.75, 3.05) is 0 Å². The smallest absolute Gasteiger partial charge is 0.260 e. The van der Waals surface area contributed by atoms with Gasteiger partial charge in [0.2, 0.25) is 5.88 Å². The van der Waals surface area contributed by atoms with E-state index >= 15 is 0 Å². The number of ether oxygens (including phenoxy) is 1. The molecular formula is C24H19ClN4O2. The molecule has 0 saturated heterocycles. The van der Waals surface area contributed by atoms with Crippen LogP contribution in [-0.2, 0) is 13.1 Å². The van der Waals surface area contributed by atoms with Crippen molar-refractivity contribution in [3.63, 3.8) is 0 Å². The fourth-order valence-electron chi connectivity index (χ4n) is 2.99. The lowest BCUT2D eigenvalue weighted by Gasteiger charge is -2.23. The maximum Gasteiger partial charge on any atom is 0.260 e. The largest absolute Gasteiger partial charge is 0.438 e. The topological polar surface area (TPSA) is 68.2 Å². The average molecular weight is 431 g/mol. The predicted octanol–water partition coefficient (Wildman–Crippen LogP) is 5.16. The molecule has 0 bridgehead atoms. The molecule has 154 valence electrons. The van der Waals surface area contributed by atoms with Gasteiger partial charge >= 0.3 is 0 Å². The van der Waals surface area contributed by atoms with Gasteiger partial charge < -0.3 is 9.64 Å². The normalized spacial score (nSPS) is 10.5. The fraction of sp³-hybridized carbons (Fsp3) is 0.0833. The molecule has 0 saturated carbocycles. The van der Waals surface area contributed by atoms with E-state index in [1.165, 1.54) is 0 Å². The van der Waals surface area contributed by atoms with Gasteiger partial charge in [-0.3, -0.25) is 14.8 Å². The van der Waals surface area contributed by atoms with Gasteiger partial charge in [-0.1, -0.05) is 23.7 Å². The van der Waals surface area contributed by atoms with Gasteiger partial charge in [0.05, 0.1) is 24.5 Å². The van der Waals surface area contributed by atoms with Gasteiger partial charge in [0.15, 0.2) is 0 Å². The Morgan fingerprint density at radius 1 is 0.774 bits per heavy atom. The number of halogens is 1. The van der Waals surface area contributed by atoms with E-state index in [0.29, 0.717) is 29.4 Å². The second-order valence-electron chi connectivity index (χ2n) is 6.72. The standard InChI is InChI=1S/C24H19ClN4O2/c25-18-9-11-21(12-10-18)31-23-22(8-5-15-28-23)24(30)29(16-19-6-1-3-13-26-19)17-20-7-2-4-14-27-20/h1-15H,16-17H2. The summed E-state index contributed by atoms with van der Waals surface area (Å²) in [6.45, 7) is 0.650. The number of pyridine rings is 3. The Morgan fingerprint density at radius 2 is 1.39 bits per heavy atom. The first kappa shape index (κ1) is 20.5. The fourth-order valence-corrected chi connectivity index (χ4v) is 3.12. The molecule has 0 aliphatic carbocycles. The summed E-state index contributed by atoms with van der Waals surface area (Å²) in [5.74, 6) is 0.536. The van der Waals surface area contributed by atoms with Crippen molar-refractivity contribution < 1.29 is 9.53 Å². The van der Waals surface area contributed by atoms with Gasteiger partial charge in [0.25, 0.3) is 5.91 Å². The molecule has 3 aromatic heterocycles. The quantitative estimate of drug-likeness (QED) is 0.405. The molecule has 0 unspecified atom stereocenters. The van der Waals surface area contributed by atoms with Gasteiger partial charge in [-0.05, 0) is 60.7 Å². The van der Waals surface area contributed by atoms with Gasteiger partial charge in [-0.25, -0.2) is 4.98 Å². The highest BCUT2D eigenvalue weighted by molar-refractivity contribution is 6.30. The molecule has 4 rings (SSSR count). The van der Waals surface area contributed by atoms with Crippen molar-refractivity contribution in [2.24, 2.45) is 0 Å². The van der Waals surface area contributed by atoms with E-state index in [-0.39, 0.29) is 11.8 Å². The van der Waals surface area contributed by atoms with E-state index in [1.807, 2.05) is 36.4 Å². The Hall–Kier alpha value is -3.77. The van der Waals surface area contributed by atoms with Crippen molar-refractivity contribution in [3.8, 4) is 11.6 Å². The van der Waals surface area contributed by atoms with Crippen LogP contribution in [0.3, 0.4) is 0 Å². The lowest BCUT2D eigenvalue weighted by molar-refractivity contribution is 0.0722. The molecule has 0 spiro atoms. The molecule has 1 aromatic carbocycles. The Labute approximate surface area is 185 Å². The van der Waals surface area contributed by atoms with E-state index in [1.54, 1.807) is 59.9 Å². The molecule has 4 aromatic rings. The minimum Gasteiger partial charge on any atom is -0.438 e. The van der Waals surface area contributed by atoms with Crippen LogP contribution in [0.15, 0.2) is 91.4 Å². The second-order valence-corrected chi connectivity index (χ2v) is 7.15. The number of carbonyl (C=O) groups is 1. The highest BCUT2D eigenvalue weighted by Crippen LogP contribution is 2.26. The number of hydrogen-bond acceptors (Lipinski definition) is 5. The molecule has 7 heteroatoms. The third-order valence-corrected chi connectivity index (χ3v) is 4.73. The van der Waals surface area contributed by atoms with E-state index in [0.717, 1.165) is 11.4 Å². The zero-order chi connectivity index (χ0) is 21.5. The summed E-state index contributed by atoms with van der Waals surface area (Å²) in [7, 11) is 0. The highest BCUT2D eigenvalue weighted by atomic mass is 35.5. The zero-order valence-electron chi connectivity index (χ0n) is 16.6. The Balaban J connectivity index is 1.63. The number of carbonyl (C=O) groups excluding carboxylic acids is 1. The molecule has 0 aliphatic heterocycles. The zero-order valence-corrected chi connectivity index (χ0v) is 17.3. The molecule has 0 fully saturated rings. The summed E-state index contributed by atoms with van der Waals surface area (Å²) in [6, 6.07) is 21.5. The van der Waals surface area contributed by atoms with Crippen LogP contribution in [0.1, 0.15) is 21.7 Å². The predicted molar refractivity (Wildman–Crippen MR) is 118 cm³/mol. The molecule has 0 N–H and O–H groups in total. The van der Waals surface area contributed by atoms with E-state index in [2.05, 4.69) is 15.0 Å². The monoisotopic (exact) mass is 430 g/mol. The maximum atomic E-state index is 13.5. The van der Waals surface area contributed by atoms with Gasteiger partial charge in [-0.15, -0.1) is 0 Å². The lowest BCUT2D eigenvalue weighted by Crippen LogP contribution is -2.31. The summed E-state index contributed by atoms with van der Waals surface area (Å²) >= 11 is 5.95. The molecule has 0 radical (unpaired) electrons. The Kier molecular flexibility index (Phi) is 6.50. The molecular weight excluding hydrogens is 412 g/mol. The van der Waals surface area contributed by atoms with E-state index < -0.39 is 0 Å². The second kappa shape index (κ2) is 9.82. The van der Waals surface area contributed by atoms with Crippen LogP contribution in [0.4, 0.5) is 0 Å². The van der Waals surface area contributed by atoms with Gasteiger partial charge in [0.1, 0.15) is 11.3 Å². The van der Waals surface area contributed by atoms with Crippen LogP contribution >= 0.6 is 11.6 Å². The van der Waals surface area contributed by atoms with Crippen molar-refractivity contribution >= 4 is 17.5 Å². The summed E-state index contributed by atoms with van der Waals surface area (Å²) in [5.41, 5.74) is 1.90. The molecule has 0 aliphatic rings. The number of hydrogen-bond donors (Lipinski definition) is 0. The third-order valence-electron chi connectivity index (χ3n) is 4.47. The molecule has 0 atom stereocenters. The van der Waals surface area contributed by atoms with Gasteiger partial charge in [-0.2, -0.15) is 0 Å². The third kappa shape index (κ3) is 5.43. The number of amides is 1. The van der Waals surface area contributed by atoms with Gasteiger partial charge in [0, 0.05) is 23.6 Å². The highest BCUT2D eigenvalue weighted by Gasteiger charge is 2.22. The van der Waals surface area contributed by atoms with Crippen molar-refractivity contribution in [3.05, 3.63) is 113 Å². The van der Waals surface area contributed by atoms with Crippen molar-refractivity contribution in [1.29, 1.82) is 0 Å². The van der Waals surface area contributed by atoms with Crippen LogP contribution in [0, 0.1) is 0 Å². The Bertz CT molecular complexity index is 1100. The van der Waals surface area contributed by atoms with Crippen LogP contribution in [-0.4, -0.2) is 25.8 Å². The lowest BCUT2D eigenvalue weighted by atomic mass is 10.2. The van der Waals surface area contributed by atoms with E-state index in [9.17, 15) is 4.79 Å². The first-order valence-corrected chi connectivity index (χ1v) is 10.0. The number of rotatable bonds is 7. The van der Waals surface area contributed by atoms with Crippen molar-refractivity contribution in [1.82, 2.24) is 19.9 Å². The first-order chi connectivity index (χ1) is 15.2. The number of aromatic nitrogens is 3. The number of benzene rings is 1. The maximum absolute atomic E-state index is 13.5. The Morgan fingerprint density at radius 3 is 1.97 bits per heavy atom. The molecule has 6 nitrogen and oxygen atoms in total. The van der Waals surface area contributed by atoms with Crippen LogP contribution in [0.5, 0.6) is 11.6 Å². The summed E-state index contributed by atoms with van der Waals surface area (Å²) in [5, 5.41) is 0.599. The van der Waals surface area contributed by atoms with E-state index in [4.69, 9.17) is 16.3 Å². The molecule has 31 heavy (non-hydrogen) atoms. The van der Waals surface area contributed by atoms with Crippen LogP contribution in [0.25, 0.3) is 0 Å². The summed E-state index contributed by atoms with van der Waals surface area (Å²) in [6.07, 6.45) is 5.00. The van der Waals surface area contributed by atoms with Crippen molar-refractivity contribution in [2.45, 2.75) is 13.1 Å². The first-order valence-electron chi connectivity index (χ1n) is 9.66. The molecule has 1 amide bonds. The number of nitrogens with zero attached hydrogens (tertiary/aromatic N) is 4. The minimum atomic E-state index is -0.228. The SMILES string of the molecule is O=C(c1cccnc1Oc1ccc(Cl)cc1)N(Cc1ccccn1)Cc1ccccn1.